The molecule has 2 rings (SSSR count). The average Bonchev–Trinajstić information content (AvgIpc) is 2.83. The van der Waals surface area contributed by atoms with Crippen LogP contribution in [0.2, 0.25) is 0 Å². The third-order valence-corrected chi connectivity index (χ3v) is 4.70. The van der Waals surface area contributed by atoms with Gasteiger partial charge in [-0.05, 0) is 42.2 Å². The minimum atomic E-state index is -1.37. The van der Waals surface area contributed by atoms with Crippen molar-refractivity contribution in [2.75, 3.05) is 13.1 Å². The van der Waals surface area contributed by atoms with E-state index in [1.807, 2.05) is 12.1 Å². The summed E-state index contributed by atoms with van der Waals surface area (Å²) in [6.45, 7) is 7.91. The molecule has 0 saturated carbocycles. The van der Waals surface area contributed by atoms with Crippen LogP contribution in [0.4, 0.5) is 0 Å². The molecule has 0 aliphatic carbocycles. The first-order valence-electron chi connectivity index (χ1n) is 7.26. The second-order valence-corrected chi connectivity index (χ2v) is 5.78. The molecule has 0 radical (unpaired) electrons. The first-order valence-corrected chi connectivity index (χ1v) is 7.26. The molecule has 1 aromatic carbocycles. The van der Waals surface area contributed by atoms with E-state index in [2.05, 4.69) is 18.7 Å². The van der Waals surface area contributed by atoms with Gasteiger partial charge in [0, 0.05) is 13.1 Å². The van der Waals surface area contributed by atoms with Crippen LogP contribution < -0.4 is 5.46 Å². The summed E-state index contributed by atoms with van der Waals surface area (Å²) in [5.74, 6) is 0. The van der Waals surface area contributed by atoms with Crippen LogP contribution in [-0.4, -0.2) is 35.2 Å². The van der Waals surface area contributed by atoms with Crippen molar-refractivity contribution in [1.82, 2.24) is 4.90 Å². The van der Waals surface area contributed by atoms with Crippen LogP contribution in [-0.2, 0) is 6.54 Å². The Bertz CT molecular complexity index is 401. The summed E-state index contributed by atoms with van der Waals surface area (Å²) < 4.78 is 0. The molecule has 1 fully saturated rings. The topological polar surface area (TPSA) is 43.7 Å². The van der Waals surface area contributed by atoms with E-state index < -0.39 is 7.12 Å². The number of nitrogens with zero attached hydrogens (tertiary/aromatic N) is 1. The van der Waals surface area contributed by atoms with E-state index in [0.29, 0.717) is 10.9 Å². The van der Waals surface area contributed by atoms with Gasteiger partial charge in [0.05, 0.1) is 0 Å². The predicted molar refractivity (Wildman–Crippen MR) is 79.2 cm³/mol. The molecule has 104 valence electrons. The van der Waals surface area contributed by atoms with Crippen molar-refractivity contribution in [3.63, 3.8) is 0 Å². The molecule has 19 heavy (non-hydrogen) atoms. The van der Waals surface area contributed by atoms with Crippen molar-refractivity contribution >= 4 is 12.6 Å². The van der Waals surface area contributed by atoms with Crippen molar-refractivity contribution in [3.8, 4) is 0 Å². The van der Waals surface area contributed by atoms with Crippen molar-refractivity contribution in [1.29, 1.82) is 0 Å². The molecule has 1 aromatic rings. The molecule has 2 N–H and O–H groups in total. The maximum Gasteiger partial charge on any atom is 0.488 e. The minimum Gasteiger partial charge on any atom is -0.423 e. The third-order valence-electron chi connectivity index (χ3n) is 4.70. The van der Waals surface area contributed by atoms with Gasteiger partial charge in [0.1, 0.15) is 0 Å². The molecule has 1 saturated heterocycles. The average molecular weight is 261 g/mol. The van der Waals surface area contributed by atoms with Crippen molar-refractivity contribution < 1.29 is 10.0 Å². The quantitative estimate of drug-likeness (QED) is 0.787. The molecule has 0 amide bonds. The van der Waals surface area contributed by atoms with Gasteiger partial charge in [-0.3, -0.25) is 4.90 Å². The lowest BCUT2D eigenvalue weighted by atomic mass is 9.80. The monoisotopic (exact) mass is 261 g/mol. The molecule has 1 heterocycles. The normalized spacial score (nSPS) is 18.7. The Morgan fingerprint density at radius 2 is 1.79 bits per heavy atom. The summed E-state index contributed by atoms with van der Waals surface area (Å²) in [6, 6.07) is 7.57. The molecule has 1 aliphatic rings. The molecule has 4 heteroatoms. The van der Waals surface area contributed by atoms with E-state index in [9.17, 15) is 0 Å². The predicted octanol–water partition coefficient (Wildman–Crippen LogP) is 1.38. The zero-order valence-electron chi connectivity index (χ0n) is 12.0. The number of likely N-dealkylation sites (tertiary alicyclic amines) is 1. The fourth-order valence-corrected chi connectivity index (χ4v) is 3.04. The third kappa shape index (κ3) is 3.38. The Kier molecular flexibility index (Phi) is 4.66. The molecule has 0 aromatic heterocycles. The minimum absolute atomic E-state index is 0.515. The summed E-state index contributed by atoms with van der Waals surface area (Å²) in [4.78, 5) is 2.51. The van der Waals surface area contributed by atoms with Gasteiger partial charge in [-0.25, -0.2) is 0 Å². The highest BCUT2D eigenvalue weighted by Crippen LogP contribution is 2.37. The first-order chi connectivity index (χ1) is 9.08. The Hall–Kier alpha value is -0.835. The molecule has 0 bridgehead atoms. The second kappa shape index (κ2) is 6.08. The Labute approximate surface area is 116 Å². The van der Waals surface area contributed by atoms with Gasteiger partial charge in [-0.1, -0.05) is 38.1 Å². The maximum absolute atomic E-state index is 9.08. The fourth-order valence-electron chi connectivity index (χ4n) is 3.04. The molecule has 3 nitrogen and oxygen atoms in total. The number of hydrogen-bond donors (Lipinski definition) is 2. The Morgan fingerprint density at radius 3 is 2.26 bits per heavy atom. The van der Waals surface area contributed by atoms with Crippen LogP contribution >= 0.6 is 0 Å². The molecular formula is C15H24BNO2. The smallest absolute Gasteiger partial charge is 0.423 e. The standard InChI is InChI=1S/C15H24BNO2/c1-3-15(4-2)9-10-17(12-15)11-13-5-7-14(8-6-13)16(18)19/h5-8,18-19H,3-4,9-12H2,1-2H3. The van der Waals surface area contributed by atoms with E-state index in [1.54, 1.807) is 12.1 Å². The lowest BCUT2D eigenvalue weighted by Crippen LogP contribution is -2.30. The van der Waals surface area contributed by atoms with Gasteiger partial charge >= 0.3 is 7.12 Å². The lowest BCUT2D eigenvalue weighted by Gasteiger charge is -2.26. The van der Waals surface area contributed by atoms with Gasteiger partial charge < -0.3 is 10.0 Å². The molecule has 1 aliphatic heterocycles. The second-order valence-electron chi connectivity index (χ2n) is 5.78. The van der Waals surface area contributed by atoms with Crippen LogP contribution in [0.3, 0.4) is 0 Å². The van der Waals surface area contributed by atoms with E-state index in [0.717, 1.165) is 6.54 Å². The maximum atomic E-state index is 9.08. The summed E-state index contributed by atoms with van der Waals surface area (Å²) >= 11 is 0. The number of rotatable bonds is 5. The van der Waals surface area contributed by atoms with Crippen LogP contribution in [0, 0.1) is 5.41 Å². The van der Waals surface area contributed by atoms with E-state index >= 15 is 0 Å². The highest BCUT2D eigenvalue weighted by molar-refractivity contribution is 6.58. The van der Waals surface area contributed by atoms with E-state index in [-0.39, 0.29) is 0 Å². The Balaban J connectivity index is 1.95. The van der Waals surface area contributed by atoms with Crippen LogP contribution in [0.15, 0.2) is 24.3 Å². The molecule has 0 spiro atoms. The highest BCUT2D eigenvalue weighted by atomic mass is 16.4. The lowest BCUT2D eigenvalue weighted by molar-refractivity contribution is 0.236. The van der Waals surface area contributed by atoms with Crippen LogP contribution in [0.5, 0.6) is 0 Å². The van der Waals surface area contributed by atoms with Crippen molar-refractivity contribution in [2.24, 2.45) is 5.41 Å². The number of benzene rings is 1. The summed E-state index contributed by atoms with van der Waals surface area (Å²) in [5, 5.41) is 18.2. The van der Waals surface area contributed by atoms with E-state index in [1.165, 1.54) is 37.9 Å². The van der Waals surface area contributed by atoms with Gasteiger partial charge in [0.15, 0.2) is 0 Å². The van der Waals surface area contributed by atoms with Crippen molar-refractivity contribution in [2.45, 2.75) is 39.7 Å². The summed E-state index contributed by atoms with van der Waals surface area (Å²) in [6.07, 6.45) is 3.82. The number of hydrogen-bond acceptors (Lipinski definition) is 3. The molecule has 0 unspecified atom stereocenters. The summed E-state index contributed by atoms with van der Waals surface area (Å²) in [7, 11) is -1.37. The zero-order chi connectivity index (χ0) is 13.9. The van der Waals surface area contributed by atoms with Gasteiger partial charge in [-0.15, -0.1) is 0 Å². The van der Waals surface area contributed by atoms with Gasteiger partial charge in [0.25, 0.3) is 0 Å². The largest absolute Gasteiger partial charge is 0.488 e. The highest BCUT2D eigenvalue weighted by Gasteiger charge is 2.34. The SMILES string of the molecule is CCC1(CC)CCN(Cc2ccc(B(O)O)cc2)C1. The molecular weight excluding hydrogens is 237 g/mol. The zero-order valence-corrected chi connectivity index (χ0v) is 12.0. The van der Waals surface area contributed by atoms with Crippen molar-refractivity contribution in [3.05, 3.63) is 29.8 Å². The van der Waals surface area contributed by atoms with E-state index in [4.69, 9.17) is 10.0 Å². The van der Waals surface area contributed by atoms with Gasteiger partial charge in [0.2, 0.25) is 0 Å². The van der Waals surface area contributed by atoms with Gasteiger partial charge in [-0.2, -0.15) is 0 Å². The fraction of sp³-hybridized carbons (Fsp3) is 0.600. The Morgan fingerprint density at radius 1 is 1.16 bits per heavy atom. The van der Waals surface area contributed by atoms with Crippen LogP contribution in [0.25, 0.3) is 0 Å². The van der Waals surface area contributed by atoms with Crippen LogP contribution in [0.1, 0.15) is 38.7 Å². The summed E-state index contributed by atoms with van der Waals surface area (Å²) in [5.41, 5.74) is 2.32. The molecule has 0 atom stereocenters. The first kappa shape index (κ1) is 14.6.